The van der Waals surface area contributed by atoms with Gasteiger partial charge in [-0.25, -0.2) is 9.78 Å². The summed E-state index contributed by atoms with van der Waals surface area (Å²) in [4.78, 5) is 58.3. The SMILES string of the molecule is Cn1c(=O)/c(=C/c2cn(C(=O)OC(C)(C)C)c3ccccc23)nc(OCCCN2C(=O)c3ccccc3C2=O)/c1=C/c1ccccc1. The molecule has 6 rings (SSSR count). The lowest BCUT2D eigenvalue weighted by atomic mass is 10.1. The summed E-state index contributed by atoms with van der Waals surface area (Å²) in [6.45, 7) is 5.69. The van der Waals surface area contributed by atoms with Gasteiger partial charge in [0.05, 0.1) is 23.3 Å². The highest BCUT2D eigenvalue weighted by molar-refractivity contribution is 6.21. The Morgan fingerprint density at radius 3 is 2.17 bits per heavy atom. The number of carbonyl (C=O) groups excluding carboxylic acids is 3. The van der Waals surface area contributed by atoms with E-state index in [4.69, 9.17) is 9.47 Å². The van der Waals surface area contributed by atoms with Crippen LogP contribution in [0.4, 0.5) is 4.79 Å². The Morgan fingerprint density at radius 2 is 1.49 bits per heavy atom. The van der Waals surface area contributed by atoms with Crippen molar-refractivity contribution >= 4 is 41.0 Å². The average molecular weight is 631 g/mol. The minimum absolute atomic E-state index is 0.111. The fourth-order valence-corrected chi connectivity index (χ4v) is 5.47. The molecule has 5 aromatic rings. The van der Waals surface area contributed by atoms with E-state index in [1.165, 1.54) is 14.0 Å². The minimum atomic E-state index is -0.694. The van der Waals surface area contributed by atoms with Crippen molar-refractivity contribution in [3.8, 4) is 5.88 Å². The summed E-state index contributed by atoms with van der Waals surface area (Å²) in [5.41, 5.74) is 1.81. The van der Waals surface area contributed by atoms with Crippen LogP contribution in [0, 0.1) is 0 Å². The zero-order valence-electron chi connectivity index (χ0n) is 26.6. The second-order valence-corrected chi connectivity index (χ2v) is 12.2. The molecule has 0 radical (unpaired) electrons. The Balaban J connectivity index is 1.36. The van der Waals surface area contributed by atoms with Gasteiger partial charge in [0, 0.05) is 30.7 Å². The number of amides is 2. The average Bonchev–Trinajstić information content (AvgIpc) is 3.53. The number of hydrogen-bond donors (Lipinski definition) is 0. The van der Waals surface area contributed by atoms with Crippen molar-refractivity contribution in [3.05, 3.63) is 128 Å². The number of fused-ring (bicyclic) bond motifs is 2. The summed E-state index contributed by atoms with van der Waals surface area (Å²) in [5.74, 6) is -0.446. The molecule has 2 amide bonds. The maximum absolute atomic E-state index is 13.7. The van der Waals surface area contributed by atoms with Crippen LogP contribution in [0.2, 0.25) is 0 Å². The standard InChI is InChI=1S/C37H34N4O6/c1-37(2,3)47-36(45)41-23-25(26-15-10-11-18-30(26)41)22-29-35(44)39(4)31(21-24-13-6-5-7-14-24)32(38-29)46-20-12-19-40-33(42)27-16-8-9-17-28(27)34(40)43/h5-11,13-18,21-23H,12,19-20H2,1-4H3/b29-22-,31-21-. The fourth-order valence-electron chi connectivity index (χ4n) is 5.47. The van der Waals surface area contributed by atoms with Gasteiger partial charge in [0.25, 0.3) is 17.4 Å². The molecule has 47 heavy (non-hydrogen) atoms. The van der Waals surface area contributed by atoms with Crippen molar-refractivity contribution in [1.29, 1.82) is 0 Å². The summed E-state index contributed by atoms with van der Waals surface area (Å²) in [6.07, 6.45) is 4.88. The van der Waals surface area contributed by atoms with Crippen LogP contribution in [-0.4, -0.2) is 55.7 Å². The van der Waals surface area contributed by atoms with Crippen molar-refractivity contribution in [1.82, 2.24) is 19.0 Å². The van der Waals surface area contributed by atoms with Crippen LogP contribution in [0.15, 0.2) is 89.9 Å². The normalized spacial score (nSPS) is 13.8. The van der Waals surface area contributed by atoms with Gasteiger partial charge in [0.1, 0.15) is 16.3 Å². The van der Waals surface area contributed by atoms with Gasteiger partial charge in [0.15, 0.2) is 0 Å². The number of rotatable bonds is 7. The molecule has 1 aliphatic heterocycles. The molecule has 2 aromatic heterocycles. The van der Waals surface area contributed by atoms with E-state index in [0.29, 0.717) is 34.0 Å². The molecule has 10 heteroatoms. The van der Waals surface area contributed by atoms with Gasteiger partial charge >= 0.3 is 6.09 Å². The Bertz CT molecular complexity index is 2170. The summed E-state index contributed by atoms with van der Waals surface area (Å²) < 4.78 is 14.7. The lowest BCUT2D eigenvalue weighted by Crippen LogP contribution is -2.44. The summed E-state index contributed by atoms with van der Waals surface area (Å²) in [6, 6.07) is 23.6. The second-order valence-electron chi connectivity index (χ2n) is 12.2. The lowest BCUT2D eigenvalue weighted by molar-refractivity contribution is 0.0542. The quantitative estimate of drug-likeness (QED) is 0.195. The van der Waals surface area contributed by atoms with Gasteiger partial charge in [-0.3, -0.25) is 23.9 Å². The van der Waals surface area contributed by atoms with Crippen LogP contribution < -0.4 is 21.0 Å². The third kappa shape index (κ3) is 6.35. The van der Waals surface area contributed by atoms with E-state index in [-0.39, 0.29) is 41.8 Å². The molecule has 0 N–H and O–H groups in total. The first-order valence-electron chi connectivity index (χ1n) is 15.3. The first-order valence-corrected chi connectivity index (χ1v) is 15.3. The van der Waals surface area contributed by atoms with Crippen LogP contribution in [0.3, 0.4) is 0 Å². The number of para-hydroxylation sites is 1. The van der Waals surface area contributed by atoms with Gasteiger partial charge in [-0.15, -0.1) is 0 Å². The van der Waals surface area contributed by atoms with Gasteiger partial charge < -0.3 is 14.0 Å². The number of ether oxygens (including phenoxy) is 2. The Kier molecular flexibility index (Phi) is 8.34. The molecule has 0 unspecified atom stereocenters. The molecule has 0 atom stereocenters. The highest BCUT2D eigenvalue weighted by Gasteiger charge is 2.34. The van der Waals surface area contributed by atoms with Crippen molar-refractivity contribution in [2.24, 2.45) is 7.05 Å². The largest absolute Gasteiger partial charge is 0.476 e. The topological polar surface area (TPSA) is 113 Å². The fraction of sp³-hybridized carbons (Fsp3) is 0.216. The van der Waals surface area contributed by atoms with Crippen molar-refractivity contribution in [2.45, 2.75) is 32.8 Å². The van der Waals surface area contributed by atoms with Gasteiger partial charge in [0.2, 0.25) is 5.88 Å². The van der Waals surface area contributed by atoms with E-state index in [0.717, 1.165) is 10.9 Å². The molecular weight excluding hydrogens is 596 g/mol. The molecule has 10 nitrogen and oxygen atoms in total. The van der Waals surface area contributed by atoms with E-state index < -0.39 is 11.7 Å². The van der Waals surface area contributed by atoms with E-state index in [1.54, 1.807) is 64.4 Å². The summed E-state index contributed by atoms with van der Waals surface area (Å²) >= 11 is 0. The summed E-state index contributed by atoms with van der Waals surface area (Å²) in [7, 11) is 1.64. The molecular formula is C37H34N4O6. The number of imide groups is 1. The number of aromatic nitrogens is 3. The van der Waals surface area contributed by atoms with E-state index in [1.807, 2.05) is 60.7 Å². The number of carbonyl (C=O) groups is 3. The molecule has 0 aliphatic carbocycles. The molecule has 3 heterocycles. The number of benzene rings is 3. The monoisotopic (exact) mass is 630 g/mol. The zero-order valence-corrected chi connectivity index (χ0v) is 26.6. The van der Waals surface area contributed by atoms with E-state index >= 15 is 0 Å². The predicted molar refractivity (Wildman–Crippen MR) is 178 cm³/mol. The van der Waals surface area contributed by atoms with Gasteiger partial charge in [-0.05, 0) is 63.1 Å². The van der Waals surface area contributed by atoms with Crippen molar-refractivity contribution in [2.75, 3.05) is 13.2 Å². The van der Waals surface area contributed by atoms with E-state index in [2.05, 4.69) is 4.98 Å². The second kappa shape index (κ2) is 12.6. The minimum Gasteiger partial charge on any atom is -0.476 e. The van der Waals surface area contributed by atoms with E-state index in [9.17, 15) is 19.2 Å². The molecule has 0 saturated heterocycles. The highest BCUT2D eigenvalue weighted by atomic mass is 16.6. The molecule has 0 saturated carbocycles. The molecule has 0 spiro atoms. The van der Waals surface area contributed by atoms with Gasteiger partial charge in [-0.2, -0.15) is 0 Å². The van der Waals surface area contributed by atoms with Crippen LogP contribution >= 0.6 is 0 Å². The first-order chi connectivity index (χ1) is 22.5. The van der Waals surface area contributed by atoms with Crippen LogP contribution in [0.25, 0.3) is 23.1 Å². The first kappa shape index (κ1) is 31.2. The smallest absolute Gasteiger partial charge is 0.419 e. The third-order valence-electron chi connectivity index (χ3n) is 7.70. The zero-order chi connectivity index (χ0) is 33.3. The maximum atomic E-state index is 13.7. The Morgan fingerprint density at radius 1 is 0.851 bits per heavy atom. The third-order valence-corrected chi connectivity index (χ3v) is 7.70. The molecule has 1 aliphatic rings. The number of nitrogens with zero attached hydrogens (tertiary/aromatic N) is 4. The van der Waals surface area contributed by atoms with Gasteiger partial charge in [-0.1, -0.05) is 60.7 Å². The van der Waals surface area contributed by atoms with Crippen LogP contribution in [0.5, 0.6) is 5.88 Å². The van der Waals surface area contributed by atoms with Crippen molar-refractivity contribution in [3.63, 3.8) is 0 Å². The Hall–Kier alpha value is -5.77. The molecule has 238 valence electrons. The Labute approximate surface area is 270 Å². The number of hydrogen-bond acceptors (Lipinski definition) is 7. The molecule has 0 bridgehead atoms. The highest BCUT2D eigenvalue weighted by Crippen LogP contribution is 2.24. The molecule has 0 fully saturated rings. The molecule has 3 aromatic carbocycles. The maximum Gasteiger partial charge on any atom is 0.419 e. The summed E-state index contributed by atoms with van der Waals surface area (Å²) in [5, 5.41) is 1.31. The lowest BCUT2D eigenvalue weighted by Gasteiger charge is -2.19. The van der Waals surface area contributed by atoms with Crippen LogP contribution in [0.1, 0.15) is 59.0 Å². The van der Waals surface area contributed by atoms with Crippen LogP contribution in [-0.2, 0) is 11.8 Å². The predicted octanol–water partition coefficient (Wildman–Crippen LogP) is 4.24. The van der Waals surface area contributed by atoms with Crippen molar-refractivity contribution < 1.29 is 23.9 Å².